The molecule has 0 saturated heterocycles. The number of rotatable bonds is 3. The summed E-state index contributed by atoms with van der Waals surface area (Å²) in [5, 5.41) is 20.6. The molecule has 0 fully saturated rings. The van der Waals surface area contributed by atoms with Gasteiger partial charge in [-0.15, -0.1) is 0 Å². The van der Waals surface area contributed by atoms with Gasteiger partial charge in [0.15, 0.2) is 0 Å². The largest absolute Gasteiger partial charge is 3.00 e. The van der Waals surface area contributed by atoms with Crippen LogP contribution in [-0.4, -0.2) is 20.2 Å². The van der Waals surface area contributed by atoms with Crippen LogP contribution in [0.3, 0.4) is 0 Å². The Hall–Kier alpha value is -2.27. The summed E-state index contributed by atoms with van der Waals surface area (Å²) in [6, 6.07) is 22.5. The number of para-hydroxylation sites is 1. The monoisotopic (exact) mass is 528 g/mol. The zero-order valence-electron chi connectivity index (χ0n) is 17.2. The summed E-state index contributed by atoms with van der Waals surface area (Å²) in [6.45, 7) is 3.80. The number of pyridine rings is 2. The fourth-order valence-corrected chi connectivity index (χ4v) is 3.18. The van der Waals surface area contributed by atoms with E-state index in [0.717, 1.165) is 11.1 Å². The number of benzene rings is 2. The number of hydrogen-bond acceptors (Lipinski definition) is 4. The number of halogens is 3. The van der Waals surface area contributed by atoms with E-state index >= 15 is 0 Å². The van der Waals surface area contributed by atoms with Gasteiger partial charge >= 0.3 is 17.1 Å². The van der Waals surface area contributed by atoms with Crippen LogP contribution in [0.2, 0.25) is 0 Å². The van der Waals surface area contributed by atoms with Crippen LogP contribution in [-0.2, 0) is 17.1 Å². The molecule has 2 aromatic carbocycles. The van der Waals surface area contributed by atoms with Crippen LogP contribution >= 0.6 is 0 Å². The topological polar surface area (TPSA) is 66.2 Å². The minimum Gasteiger partial charge on any atom is -1.00 e. The SMILES string of the molecule is Cc1ccc(-c2cccc(-c3cccc(-c4cccc(C)c4O)n3)n2)c(O)c1.[Cl-].[Cl-].[Cl-].[Mn+3]. The van der Waals surface area contributed by atoms with Crippen molar-refractivity contribution in [1.82, 2.24) is 9.97 Å². The van der Waals surface area contributed by atoms with Crippen LogP contribution in [0.15, 0.2) is 72.8 Å². The van der Waals surface area contributed by atoms with Crippen LogP contribution in [0.1, 0.15) is 11.1 Å². The molecule has 32 heavy (non-hydrogen) atoms. The normalized spacial score (nSPS) is 9.44. The van der Waals surface area contributed by atoms with E-state index in [1.54, 1.807) is 6.07 Å². The van der Waals surface area contributed by atoms with Crippen molar-refractivity contribution in [1.29, 1.82) is 0 Å². The van der Waals surface area contributed by atoms with Crippen LogP contribution in [0, 0.1) is 13.8 Å². The predicted molar refractivity (Wildman–Crippen MR) is 111 cm³/mol. The molecule has 0 radical (unpaired) electrons. The standard InChI is InChI=1S/C24H20N2O2.3ClH.Mn/c1-15-12-13-17(23(27)14-15)19-8-4-10-21(25-19)22-11-5-9-20(26-22)18-7-3-6-16(2)24(18)28;;;;/h3-14,27-28H,1-2H3;3*1H;/q;;;;+3/p-3. The summed E-state index contributed by atoms with van der Waals surface area (Å²) < 4.78 is 0. The van der Waals surface area contributed by atoms with Gasteiger partial charge < -0.3 is 47.4 Å². The second kappa shape index (κ2) is 12.7. The minimum atomic E-state index is 0. The van der Waals surface area contributed by atoms with Crippen LogP contribution in [0.25, 0.3) is 33.9 Å². The first-order chi connectivity index (χ1) is 13.5. The van der Waals surface area contributed by atoms with Crippen molar-refractivity contribution >= 4 is 0 Å². The van der Waals surface area contributed by atoms with Gasteiger partial charge in [0.05, 0.1) is 22.8 Å². The van der Waals surface area contributed by atoms with E-state index in [0.29, 0.717) is 33.9 Å². The average molecular weight is 530 g/mol. The third kappa shape index (κ3) is 6.16. The number of aryl methyl sites for hydroxylation is 2. The van der Waals surface area contributed by atoms with E-state index < -0.39 is 0 Å². The van der Waals surface area contributed by atoms with E-state index in [-0.39, 0.29) is 65.8 Å². The van der Waals surface area contributed by atoms with Crippen LogP contribution in [0.5, 0.6) is 11.5 Å². The first-order valence-electron chi connectivity index (χ1n) is 9.06. The Bertz CT molecular complexity index is 1190. The van der Waals surface area contributed by atoms with Crippen LogP contribution < -0.4 is 37.2 Å². The van der Waals surface area contributed by atoms with E-state index in [2.05, 4.69) is 0 Å². The summed E-state index contributed by atoms with van der Waals surface area (Å²) >= 11 is 0. The Morgan fingerprint density at radius 1 is 0.594 bits per heavy atom. The maximum atomic E-state index is 10.4. The molecule has 0 aliphatic carbocycles. The zero-order valence-corrected chi connectivity index (χ0v) is 20.7. The summed E-state index contributed by atoms with van der Waals surface area (Å²) in [5.74, 6) is 0.439. The molecule has 4 aromatic rings. The number of hydrogen-bond donors (Lipinski definition) is 2. The van der Waals surface area contributed by atoms with E-state index in [1.807, 2.05) is 80.6 Å². The molecular formula is C24H20Cl3MnN2O2. The fourth-order valence-electron chi connectivity index (χ4n) is 3.18. The first-order valence-corrected chi connectivity index (χ1v) is 9.06. The molecule has 0 bridgehead atoms. The van der Waals surface area contributed by atoms with Crippen molar-refractivity contribution in [3.8, 4) is 45.4 Å². The third-order valence-corrected chi connectivity index (χ3v) is 4.70. The molecule has 0 atom stereocenters. The minimum absolute atomic E-state index is 0. The molecule has 0 amide bonds. The molecule has 8 heteroatoms. The number of aromatic hydroxyl groups is 2. The molecule has 2 N–H and O–H groups in total. The van der Waals surface area contributed by atoms with Crippen molar-refractivity contribution in [2.24, 2.45) is 0 Å². The molecular weight excluding hydrogens is 510 g/mol. The van der Waals surface area contributed by atoms with Gasteiger partial charge in [-0.05, 0) is 67.4 Å². The van der Waals surface area contributed by atoms with E-state index in [4.69, 9.17) is 9.97 Å². The van der Waals surface area contributed by atoms with Crippen molar-refractivity contribution in [2.45, 2.75) is 13.8 Å². The maximum absolute atomic E-state index is 10.4. The maximum Gasteiger partial charge on any atom is 3.00 e. The second-order valence-corrected chi connectivity index (χ2v) is 6.81. The van der Waals surface area contributed by atoms with E-state index in [1.165, 1.54) is 0 Å². The van der Waals surface area contributed by atoms with Gasteiger partial charge in [-0.25, -0.2) is 9.97 Å². The van der Waals surface area contributed by atoms with Gasteiger partial charge in [-0.1, -0.05) is 30.3 Å². The molecule has 166 valence electrons. The Morgan fingerprint density at radius 2 is 1.09 bits per heavy atom. The van der Waals surface area contributed by atoms with Gasteiger partial charge in [0, 0.05) is 11.1 Å². The molecule has 2 heterocycles. The van der Waals surface area contributed by atoms with Gasteiger partial charge in [-0.3, -0.25) is 0 Å². The van der Waals surface area contributed by atoms with Gasteiger partial charge in [0.1, 0.15) is 11.5 Å². The number of phenolic OH excluding ortho intramolecular Hbond substituents is 2. The number of phenols is 2. The third-order valence-electron chi connectivity index (χ3n) is 4.70. The Morgan fingerprint density at radius 3 is 1.66 bits per heavy atom. The summed E-state index contributed by atoms with van der Waals surface area (Å²) in [6.07, 6.45) is 0. The quantitative estimate of drug-likeness (QED) is 0.271. The number of aromatic nitrogens is 2. The molecule has 0 aliphatic rings. The van der Waals surface area contributed by atoms with Gasteiger partial charge in [0.25, 0.3) is 0 Å². The molecule has 0 aliphatic heterocycles. The molecule has 0 saturated carbocycles. The second-order valence-electron chi connectivity index (χ2n) is 6.81. The average Bonchev–Trinajstić information content (AvgIpc) is 2.70. The smallest absolute Gasteiger partial charge is 1.00 e. The molecule has 4 rings (SSSR count). The van der Waals surface area contributed by atoms with Crippen molar-refractivity contribution in [3.05, 3.63) is 83.9 Å². The zero-order chi connectivity index (χ0) is 19.7. The van der Waals surface area contributed by atoms with Gasteiger partial charge in [-0.2, -0.15) is 0 Å². The molecule has 0 spiro atoms. The molecule has 4 nitrogen and oxygen atoms in total. The fraction of sp³-hybridized carbons (Fsp3) is 0.0833. The summed E-state index contributed by atoms with van der Waals surface area (Å²) in [4.78, 5) is 9.40. The Balaban J connectivity index is 0.00000240. The van der Waals surface area contributed by atoms with Crippen molar-refractivity contribution in [3.63, 3.8) is 0 Å². The summed E-state index contributed by atoms with van der Waals surface area (Å²) in [7, 11) is 0. The Kier molecular flexibility index (Phi) is 11.8. The Labute approximate surface area is 216 Å². The predicted octanol–water partition coefficient (Wildman–Crippen LogP) is -3.48. The molecule has 2 aromatic heterocycles. The molecule has 0 unspecified atom stereocenters. The van der Waals surface area contributed by atoms with E-state index in [9.17, 15) is 10.2 Å². The van der Waals surface area contributed by atoms with Crippen molar-refractivity contribution < 1.29 is 64.5 Å². The van der Waals surface area contributed by atoms with Crippen LogP contribution in [0.4, 0.5) is 0 Å². The first kappa shape index (κ1) is 29.7. The van der Waals surface area contributed by atoms with Gasteiger partial charge in [0.2, 0.25) is 0 Å². The van der Waals surface area contributed by atoms with Crippen molar-refractivity contribution in [2.75, 3.05) is 0 Å². The summed E-state index contributed by atoms with van der Waals surface area (Å²) in [5.41, 5.74) is 5.93. The number of nitrogens with zero attached hydrogens (tertiary/aromatic N) is 2.